The first-order chi connectivity index (χ1) is 6.27. The lowest BCUT2D eigenvalue weighted by atomic mass is 10.1. The molecule has 1 rings (SSSR count). The van der Waals surface area contributed by atoms with Crippen molar-refractivity contribution in [2.75, 3.05) is 5.75 Å². The van der Waals surface area contributed by atoms with Gasteiger partial charge in [0.25, 0.3) is 0 Å². The Hall–Kier alpha value is -0.470. The highest BCUT2D eigenvalue weighted by molar-refractivity contribution is 7.99. The van der Waals surface area contributed by atoms with E-state index in [9.17, 15) is 0 Å². The molecule has 0 bridgehead atoms. The van der Waals surface area contributed by atoms with Crippen molar-refractivity contribution in [2.45, 2.75) is 31.2 Å². The highest BCUT2D eigenvalue weighted by Gasteiger charge is 2.01. The van der Waals surface area contributed by atoms with Crippen LogP contribution in [-0.2, 0) is 0 Å². The molecule has 0 aliphatic heterocycles. The second kappa shape index (κ2) is 5.30. The normalized spacial score (nSPS) is 12.8. The van der Waals surface area contributed by atoms with Crippen LogP contribution in [-0.4, -0.2) is 5.75 Å². The van der Waals surface area contributed by atoms with Gasteiger partial charge in [-0.2, -0.15) is 0 Å². The van der Waals surface area contributed by atoms with Gasteiger partial charge in [-0.25, -0.2) is 0 Å². The maximum atomic E-state index is 5.91. The molecule has 0 aliphatic carbocycles. The van der Waals surface area contributed by atoms with Crippen molar-refractivity contribution in [3.63, 3.8) is 0 Å². The molecule has 0 spiro atoms. The molecule has 1 nitrogen and oxygen atoms in total. The van der Waals surface area contributed by atoms with E-state index in [4.69, 9.17) is 5.73 Å². The van der Waals surface area contributed by atoms with Crippen LogP contribution in [0.5, 0.6) is 0 Å². The molecular formula is C11H17NS. The molecule has 72 valence electrons. The van der Waals surface area contributed by atoms with E-state index >= 15 is 0 Å². The van der Waals surface area contributed by atoms with Gasteiger partial charge in [-0.3, -0.25) is 0 Å². The maximum Gasteiger partial charge on any atom is 0.0292 e. The van der Waals surface area contributed by atoms with E-state index in [1.807, 2.05) is 11.8 Å². The van der Waals surface area contributed by atoms with Crippen molar-refractivity contribution in [2.24, 2.45) is 5.73 Å². The van der Waals surface area contributed by atoms with E-state index in [2.05, 4.69) is 38.1 Å². The largest absolute Gasteiger partial charge is 0.324 e. The summed E-state index contributed by atoms with van der Waals surface area (Å²) in [5.74, 6) is 1.12. The first kappa shape index (κ1) is 10.6. The zero-order valence-corrected chi connectivity index (χ0v) is 9.10. The lowest BCUT2D eigenvalue weighted by molar-refractivity contribution is 0.698. The van der Waals surface area contributed by atoms with E-state index in [1.54, 1.807) is 0 Å². The Morgan fingerprint density at radius 3 is 2.31 bits per heavy atom. The van der Waals surface area contributed by atoms with Crippen LogP contribution < -0.4 is 5.73 Å². The molecule has 1 aromatic rings. The SMILES string of the molecule is CCSc1ccc([C@H](N)CC)cc1. The first-order valence-electron chi connectivity index (χ1n) is 4.76. The Kier molecular flexibility index (Phi) is 4.33. The number of nitrogens with two attached hydrogens (primary N) is 1. The van der Waals surface area contributed by atoms with E-state index in [0.29, 0.717) is 0 Å². The maximum absolute atomic E-state index is 5.91. The van der Waals surface area contributed by atoms with Crippen LogP contribution in [0.1, 0.15) is 31.9 Å². The van der Waals surface area contributed by atoms with Crippen molar-refractivity contribution < 1.29 is 0 Å². The Balaban J connectivity index is 2.69. The van der Waals surface area contributed by atoms with E-state index in [-0.39, 0.29) is 6.04 Å². The van der Waals surface area contributed by atoms with Crippen molar-refractivity contribution in [3.05, 3.63) is 29.8 Å². The minimum Gasteiger partial charge on any atom is -0.324 e. The standard InChI is InChI=1S/C11H17NS/c1-3-11(12)9-5-7-10(8-6-9)13-4-2/h5-8,11H,3-4,12H2,1-2H3/t11-/m1/s1. The van der Waals surface area contributed by atoms with Gasteiger partial charge < -0.3 is 5.73 Å². The highest BCUT2D eigenvalue weighted by Crippen LogP contribution is 2.20. The molecule has 0 fully saturated rings. The predicted molar refractivity (Wildman–Crippen MR) is 60.1 cm³/mol. The third kappa shape index (κ3) is 3.05. The summed E-state index contributed by atoms with van der Waals surface area (Å²) in [4.78, 5) is 1.33. The summed E-state index contributed by atoms with van der Waals surface area (Å²) in [6.45, 7) is 4.27. The third-order valence-corrected chi connectivity index (χ3v) is 2.95. The van der Waals surface area contributed by atoms with Crippen molar-refractivity contribution in [1.29, 1.82) is 0 Å². The van der Waals surface area contributed by atoms with E-state index in [1.165, 1.54) is 10.5 Å². The highest BCUT2D eigenvalue weighted by atomic mass is 32.2. The van der Waals surface area contributed by atoms with Gasteiger partial charge in [0, 0.05) is 10.9 Å². The molecule has 0 aromatic heterocycles. The first-order valence-corrected chi connectivity index (χ1v) is 5.74. The molecule has 0 heterocycles. The molecule has 2 N–H and O–H groups in total. The molecule has 13 heavy (non-hydrogen) atoms. The Bertz CT molecular complexity index is 243. The lowest BCUT2D eigenvalue weighted by Crippen LogP contribution is -2.07. The minimum absolute atomic E-state index is 0.195. The minimum atomic E-state index is 0.195. The molecule has 0 unspecified atom stereocenters. The molecule has 1 aromatic carbocycles. The molecular weight excluding hydrogens is 178 g/mol. The number of rotatable bonds is 4. The number of hydrogen-bond acceptors (Lipinski definition) is 2. The number of benzene rings is 1. The summed E-state index contributed by atoms with van der Waals surface area (Å²) in [5, 5.41) is 0. The second-order valence-electron chi connectivity index (χ2n) is 3.02. The Labute approximate surface area is 84.7 Å². The van der Waals surface area contributed by atoms with Crippen LogP contribution in [0.2, 0.25) is 0 Å². The molecule has 0 saturated carbocycles. The van der Waals surface area contributed by atoms with Crippen molar-refractivity contribution in [3.8, 4) is 0 Å². The molecule has 0 aliphatic rings. The second-order valence-corrected chi connectivity index (χ2v) is 4.35. The third-order valence-electron chi connectivity index (χ3n) is 2.06. The van der Waals surface area contributed by atoms with Gasteiger partial charge in [0.15, 0.2) is 0 Å². The van der Waals surface area contributed by atoms with Gasteiger partial charge in [0.2, 0.25) is 0 Å². The summed E-state index contributed by atoms with van der Waals surface area (Å²) in [6, 6.07) is 8.76. The quantitative estimate of drug-likeness (QED) is 0.747. The zero-order valence-electron chi connectivity index (χ0n) is 8.29. The molecule has 0 saturated heterocycles. The fourth-order valence-corrected chi connectivity index (χ4v) is 1.88. The molecule has 1 atom stereocenters. The number of hydrogen-bond donors (Lipinski definition) is 1. The van der Waals surface area contributed by atoms with Crippen LogP contribution >= 0.6 is 11.8 Å². The average Bonchev–Trinajstić information content (AvgIpc) is 2.18. The molecule has 0 amide bonds. The van der Waals surface area contributed by atoms with E-state index in [0.717, 1.165) is 12.2 Å². The Morgan fingerprint density at radius 1 is 1.23 bits per heavy atom. The fraction of sp³-hybridized carbons (Fsp3) is 0.455. The van der Waals surface area contributed by atoms with Gasteiger partial charge in [0.05, 0.1) is 0 Å². The summed E-state index contributed by atoms with van der Waals surface area (Å²) >= 11 is 1.86. The summed E-state index contributed by atoms with van der Waals surface area (Å²) in [6.07, 6.45) is 1.00. The van der Waals surface area contributed by atoms with Gasteiger partial charge in [-0.15, -0.1) is 11.8 Å². The van der Waals surface area contributed by atoms with Gasteiger partial charge >= 0.3 is 0 Å². The average molecular weight is 195 g/mol. The van der Waals surface area contributed by atoms with Crippen molar-refractivity contribution >= 4 is 11.8 Å². The monoisotopic (exact) mass is 195 g/mol. The Morgan fingerprint density at radius 2 is 1.85 bits per heavy atom. The lowest BCUT2D eigenvalue weighted by Gasteiger charge is -2.09. The summed E-state index contributed by atoms with van der Waals surface area (Å²) in [7, 11) is 0. The number of thioether (sulfide) groups is 1. The summed E-state index contributed by atoms with van der Waals surface area (Å²) in [5.41, 5.74) is 7.15. The van der Waals surface area contributed by atoms with Crippen LogP contribution in [0.4, 0.5) is 0 Å². The van der Waals surface area contributed by atoms with Crippen molar-refractivity contribution in [1.82, 2.24) is 0 Å². The van der Waals surface area contributed by atoms with Gasteiger partial charge in [-0.05, 0) is 29.9 Å². The summed E-state index contributed by atoms with van der Waals surface area (Å²) < 4.78 is 0. The van der Waals surface area contributed by atoms with Crippen LogP contribution in [0.15, 0.2) is 29.2 Å². The topological polar surface area (TPSA) is 26.0 Å². The van der Waals surface area contributed by atoms with Gasteiger partial charge in [-0.1, -0.05) is 26.0 Å². The van der Waals surface area contributed by atoms with E-state index < -0.39 is 0 Å². The van der Waals surface area contributed by atoms with Crippen LogP contribution in [0, 0.1) is 0 Å². The molecule has 2 heteroatoms. The predicted octanol–water partition coefficient (Wildman–Crippen LogP) is 3.21. The van der Waals surface area contributed by atoms with Crippen LogP contribution in [0.25, 0.3) is 0 Å². The smallest absolute Gasteiger partial charge is 0.0292 e. The fourth-order valence-electron chi connectivity index (χ4n) is 1.21. The van der Waals surface area contributed by atoms with Gasteiger partial charge in [0.1, 0.15) is 0 Å². The zero-order chi connectivity index (χ0) is 9.68. The molecule has 0 radical (unpaired) electrons. The van der Waals surface area contributed by atoms with Crippen LogP contribution in [0.3, 0.4) is 0 Å².